The lowest BCUT2D eigenvalue weighted by Crippen LogP contribution is -2.37. The van der Waals surface area contributed by atoms with Crippen LogP contribution >= 0.6 is 11.6 Å². The highest BCUT2D eigenvalue weighted by Gasteiger charge is 2.25. The lowest BCUT2D eigenvalue weighted by atomic mass is 9.89. The second-order valence-corrected chi connectivity index (χ2v) is 7.60. The van der Waals surface area contributed by atoms with Crippen molar-refractivity contribution in [3.05, 3.63) is 34.4 Å². The number of benzene rings is 1. The molecule has 0 bridgehead atoms. The third kappa shape index (κ3) is 4.70. The zero-order valence-electron chi connectivity index (χ0n) is 14.4. The van der Waals surface area contributed by atoms with Crippen molar-refractivity contribution in [3.63, 3.8) is 0 Å². The Kier molecular flexibility index (Phi) is 6.29. The molecule has 0 unspecified atom stereocenters. The van der Waals surface area contributed by atoms with Crippen molar-refractivity contribution in [3.8, 4) is 0 Å². The van der Waals surface area contributed by atoms with Gasteiger partial charge in [-0.05, 0) is 43.9 Å². The van der Waals surface area contributed by atoms with Gasteiger partial charge in [-0.2, -0.15) is 0 Å². The molecule has 1 saturated carbocycles. The van der Waals surface area contributed by atoms with E-state index in [0.29, 0.717) is 13.1 Å². The first-order valence-corrected chi connectivity index (χ1v) is 9.58. The highest BCUT2D eigenvalue weighted by molar-refractivity contribution is 6.33. The summed E-state index contributed by atoms with van der Waals surface area (Å²) in [6, 6.07) is 1.78. The lowest BCUT2D eigenvalue weighted by molar-refractivity contribution is 0.0759. The van der Waals surface area contributed by atoms with Crippen molar-refractivity contribution in [2.45, 2.75) is 38.5 Å². The standard InChI is InChI=1S/C19H25ClF2N2O/c20-16-12-18(22)17(21)11-15(16)19(25)24-8-4-7-23(9-10-24)13-14-5-2-1-3-6-14/h11-12,14H,1-10,13H2. The molecule has 2 fully saturated rings. The molecule has 1 aromatic rings. The summed E-state index contributed by atoms with van der Waals surface area (Å²) in [5.41, 5.74) is 0.0429. The summed E-state index contributed by atoms with van der Waals surface area (Å²) in [7, 11) is 0. The van der Waals surface area contributed by atoms with E-state index in [1.165, 1.54) is 32.1 Å². The van der Waals surface area contributed by atoms with Gasteiger partial charge in [0.1, 0.15) is 0 Å². The molecule has 1 aliphatic heterocycles. The summed E-state index contributed by atoms with van der Waals surface area (Å²) >= 11 is 5.95. The van der Waals surface area contributed by atoms with Gasteiger partial charge in [0.2, 0.25) is 0 Å². The maximum Gasteiger partial charge on any atom is 0.255 e. The fourth-order valence-electron chi connectivity index (χ4n) is 3.95. The van der Waals surface area contributed by atoms with E-state index in [2.05, 4.69) is 4.90 Å². The van der Waals surface area contributed by atoms with Crippen molar-refractivity contribution in [1.82, 2.24) is 9.80 Å². The first-order valence-electron chi connectivity index (χ1n) is 9.21. The van der Waals surface area contributed by atoms with Gasteiger partial charge in [0.25, 0.3) is 5.91 Å². The van der Waals surface area contributed by atoms with Crippen LogP contribution in [0.1, 0.15) is 48.9 Å². The third-order valence-electron chi connectivity index (χ3n) is 5.36. The van der Waals surface area contributed by atoms with E-state index in [1.54, 1.807) is 4.90 Å². The minimum Gasteiger partial charge on any atom is -0.337 e. The first kappa shape index (κ1) is 18.6. The van der Waals surface area contributed by atoms with Gasteiger partial charge in [0.15, 0.2) is 11.6 Å². The molecule has 25 heavy (non-hydrogen) atoms. The Balaban J connectivity index is 1.60. The van der Waals surface area contributed by atoms with Crippen molar-refractivity contribution in [1.29, 1.82) is 0 Å². The summed E-state index contributed by atoms with van der Waals surface area (Å²) in [6.07, 6.45) is 7.52. The number of hydrogen-bond acceptors (Lipinski definition) is 2. The van der Waals surface area contributed by atoms with Gasteiger partial charge in [0, 0.05) is 26.2 Å². The van der Waals surface area contributed by atoms with Crippen molar-refractivity contribution in [2.24, 2.45) is 5.92 Å². The molecular weight excluding hydrogens is 346 g/mol. The Labute approximate surface area is 152 Å². The number of halogens is 3. The van der Waals surface area contributed by atoms with Crippen LogP contribution in [0.5, 0.6) is 0 Å². The molecule has 6 heteroatoms. The largest absolute Gasteiger partial charge is 0.337 e. The molecule has 0 radical (unpaired) electrons. The molecule has 0 atom stereocenters. The Bertz CT molecular complexity index is 620. The van der Waals surface area contributed by atoms with Gasteiger partial charge >= 0.3 is 0 Å². The second kappa shape index (κ2) is 8.45. The normalized spacial score (nSPS) is 20.5. The molecule has 0 spiro atoms. The van der Waals surface area contributed by atoms with Crippen LogP contribution in [-0.4, -0.2) is 48.4 Å². The number of rotatable bonds is 3. The molecule has 0 aromatic heterocycles. The summed E-state index contributed by atoms with van der Waals surface area (Å²) in [5.74, 6) is -1.61. The number of hydrogen-bond donors (Lipinski definition) is 0. The van der Waals surface area contributed by atoms with Crippen molar-refractivity contribution < 1.29 is 13.6 Å². The van der Waals surface area contributed by atoms with Crippen LogP contribution in [-0.2, 0) is 0 Å². The highest BCUT2D eigenvalue weighted by Crippen LogP contribution is 2.25. The van der Waals surface area contributed by atoms with E-state index in [9.17, 15) is 13.6 Å². The summed E-state index contributed by atoms with van der Waals surface area (Å²) in [4.78, 5) is 16.8. The Morgan fingerprint density at radius 3 is 2.48 bits per heavy atom. The minimum absolute atomic E-state index is 0.0350. The molecule has 2 aliphatic rings. The summed E-state index contributed by atoms with van der Waals surface area (Å²) < 4.78 is 26.7. The van der Waals surface area contributed by atoms with E-state index in [0.717, 1.165) is 44.1 Å². The Hall–Kier alpha value is -1.20. The van der Waals surface area contributed by atoms with Crippen LogP contribution in [0.4, 0.5) is 8.78 Å². The van der Waals surface area contributed by atoms with E-state index in [1.807, 2.05) is 0 Å². The van der Waals surface area contributed by atoms with Gasteiger partial charge < -0.3 is 9.80 Å². The fraction of sp³-hybridized carbons (Fsp3) is 0.632. The average Bonchev–Trinajstić information content (AvgIpc) is 2.84. The van der Waals surface area contributed by atoms with Gasteiger partial charge in [-0.25, -0.2) is 8.78 Å². The SMILES string of the molecule is O=C(c1cc(F)c(F)cc1Cl)N1CCCN(CC2CCCCC2)CC1. The van der Waals surface area contributed by atoms with Gasteiger partial charge in [-0.1, -0.05) is 30.9 Å². The minimum atomic E-state index is -1.04. The molecule has 3 rings (SSSR count). The van der Waals surface area contributed by atoms with Crippen LogP contribution in [0, 0.1) is 17.6 Å². The average molecular weight is 371 g/mol. The molecule has 1 amide bonds. The predicted molar refractivity (Wildman–Crippen MR) is 94.9 cm³/mol. The number of nitrogens with zero attached hydrogens (tertiary/aromatic N) is 2. The number of carbonyl (C=O) groups is 1. The van der Waals surface area contributed by atoms with Crippen molar-refractivity contribution in [2.75, 3.05) is 32.7 Å². The van der Waals surface area contributed by atoms with E-state index >= 15 is 0 Å². The van der Waals surface area contributed by atoms with E-state index in [-0.39, 0.29) is 16.5 Å². The number of carbonyl (C=O) groups excluding carboxylic acids is 1. The van der Waals surface area contributed by atoms with E-state index < -0.39 is 11.6 Å². The summed E-state index contributed by atoms with van der Waals surface area (Å²) in [5, 5.41) is -0.0350. The Morgan fingerprint density at radius 2 is 1.72 bits per heavy atom. The quantitative estimate of drug-likeness (QED) is 0.739. The van der Waals surface area contributed by atoms with Gasteiger partial charge in [-0.15, -0.1) is 0 Å². The third-order valence-corrected chi connectivity index (χ3v) is 5.67. The second-order valence-electron chi connectivity index (χ2n) is 7.20. The summed E-state index contributed by atoms with van der Waals surface area (Å²) in [6.45, 7) is 4.12. The maximum absolute atomic E-state index is 13.5. The molecule has 0 N–H and O–H groups in total. The molecule has 1 saturated heterocycles. The zero-order chi connectivity index (χ0) is 17.8. The fourth-order valence-corrected chi connectivity index (χ4v) is 4.18. The maximum atomic E-state index is 13.5. The monoisotopic (exact) mass is 370 g/mol. The van der Waals surface area contributed by atoms with Gasteiger partial charge in [-0.3, -0.25) is 4.79 Å². The number of amides is 1. The topological polar surface area (TPSA) is 23.6 Å². The van der Waals surface area contributed by atoms with E-state index in [4.69, 9.17) is 11.6 Å². The smallest absolute Gasteiger partial charge is 0.255 e. The molecule has 1 aromatic carbocycles. The lowest BCUT2D eigenvalue weighted by Gasteiger charge is -2.28. The zero-order valence-corrected chi connectivity index (χ0v) is 15.2. The van der Waals surface area contributed by atoms with Crippen LogP contribution in [0.3, 0.4) is 0 Å². The molecular formula is C19H25ClF2N2O. The highest BCUT2D eigenvalue weighted by atomic mass is 35.5. The van der Waals surface area contributed by atoms with Crippen LogP contribution < -0.4 is 0 Å². The van der Waals surface area contributed by atoms with Crippen molar-refractivity contribution >= 4 is 17.5 Å². The Morgan fingerprint density at radius 1 is 1.00 bits per heavy atom. The molecule has 1 heterocycles. The molecule has 3 nitrogen and oxygen atoms in total. The predicted octanol–water partition coefficient (Wildman–Crippen LogP) is 4.35. The van der Waals surface area contributed by atoms with Crippen LogP contribution in [0.15, 0.2) is 12.1 Å². The first-order chi connectivity index (χ1) is 12.0. The molecule has 138 valence electrons. The molecule has 1 aliphatic carbocycles. The van der Waals surface area contributed by atoms with Crippen LogP contribution in [0.2, 0.25) is 5.02 Å². The van der Waals surface area contributed by atoms with Crippen LogP contribution in [0.25, 0.3) is 0 Å². The van der Waals surface area contributed by atoms with Gasteiger partial charge in [0.05, 0.1) is 10.6 Å².